The minimum absolute atomic E-state index is 0. The number of rotatable bonds is 5. The molecule has 0 aromatic heterocycles. The van der Waals surface area contributed by atoms with E-state index in [1.807, 2.05) is 0 Å². The topological polar surface area (TPSA) is 177 Å². The molecule has 0 radical (unpaired) electrons. The fraction of sp³-hybridized carbons (Fsp3) is 0.800. The van der Waals surface area contributed by atoms with Crippen LogP contribution in [0.3, 0.4) is 0 Å². The van der Waals surface area contributed by atoms with Crippen molar-refractivity contribution in [1.82, 2.24) is 10.2 Å². The normalized spacial score (nSPS) is 32.4. The summed E-state index contributed by atoms with van der Waals surface area (Å²) >= 11 is 0. The van der Waals surface area contributed by atoms with Crippen LogP contribution in [0.15, 0.2) is 5.11 Å². The van der Waals surface area contributed by atoms with Crippen LogP contribution in [0.4, 0.5) is 4.79 Å². The first-order valence-electron chi connectivity index (χ1n) is 6.70. The molecule has 2 rings (SSSR count). The largest absolute Gasteiger partial charge is 1.00 e. The zero-order valence-corrected chi connectivity index (χ0v) is 16.0. The standard InChI is InChI=1S/C10H16N5O7P.Na/c1-5-3-15(10(17)12-9(5)16)8-2-6(13-14-11)7(22-8)4-21-23(18,19)20;/h5-8H,2-4H2,1H3,(H,12,16,17)(H2,18,19,20);/q;+1/p-1/t5?,6-,7+,8+;/m0./s1. The third-order valence-corrected chi connectivity index (χ3v) is 4.04. The van der Waals surface area contributed by atoms with Crippen LogP contribution in [0.25, 0.3) is 10.4 Å². The van der Waals surface area contributed by atoms with Crippen LogP contribution in [0.2, 0.25) is 0 Å². The number of carbonyl (C=O) groups excluding carboxylic acids is 2. The van der Waals surface area contributed by atoms with Gasteiger partial charge in [-0.25, -0.2) is 4.79 Å². The Morgan fingerprint density at radius 2 is 2.29 bits per heavy atom. The van der Waals surface area contributed by atoms with Crippen molar-refractivity contribution in [2.45, 2.75) is 31.7 Å². The molecule has 0 spiro atoms. The smallest absolute Gasteiger partial charge is 0.756 e. The molecular formula is C10H15N5NaO7P. The molecule has 2 saturated heterocycles. The average molecular weight is 371 g/mol. The van der Waals surface area contributed by atoms with Crippen molar-refractivity contribution in [3.63, 3.8) is 0 Å². The van der Waals surface area contributed by atoms with E-state index in [2.05, 4.69) is 19.9 Å². The Morgan fingerprint density at radius 1 is 1.62 bits per heavy atom. The molecule has 2 aliphatic heterocycles. The van der Waals surface area contributed by atoms with E-state index in [1.54, 1.807) is 6.92 Å². The van der Waals surface area contributed by atoms with E-state index < -0.39 is 50.7 Å². The zero-order chi connectivity index (χ0) is 17.2. The molecule has 2 N–H and O–H groups in total. The van der Waals surface area contributed by atoms with Crippen LogP contribution in [0.1, 0.15) is 13.3 Å². The quantitative estimate of drug-likeness (QED) is 0.165. The Morgan fingerprint density at radius 3 is 2.88 bits per heavy atom. The fourth-order valence-corrected chi connectivity index (χ4v) is 2.76. The first-order valence-corrected chi connectivity index (χ1v) is 8.20. The van der Waals surface area contributed by atoms with Gasteiger partial charge in [0.25, 0.3) is 7.82 Å². The number of urea groups is 1. The van der Waals surface area contributed by atoms with Gasteiger partial charge in [-0.15, -0.1) is 0 Å². The van der Waals surface area contributed by atoms with Crippen LogP contribution < -0.4 is 39.8 Å². The van der Waals surface area contributed by atoms with E-state index in [9.17, 15) is 19.0 Å². The SMILES string of the molecule is CC1CN([C@H]2C[C@H](N=[N+]=[N-])[C@@H](COP(=O)([O-])O)O2)C(=O)NC1=O.[Na+]. The minimum Gasteiger partial charge on any atom is -0.756 e. The minimum atomic E-state index is -4.95. The summed E-state index contributed by atoms with van der Waals surface area (Å²) in [6, 6.07) is -1.42. The second-order valence-electron chi connectivity index (χ2n) is 5.25. The van der Waals surface area contributed by atoms with Gasteiger partial charge < -0.3 is 19.0 Å². The Bertz CT molecular complexity index is 594. The van der Waals surface area contributed by atoms with Crippen molar-refractivity contribution in [2.24, 2.45) is 11.0 Å². The number of azide groups is 1. The van der Waals surface area contributed by atoms with Crippen LogP contribution in [-0.2, 0) is 18.6 Å². The van der Waals surface area contributed by atoms with Crippen molar-refractivity contribution >= 4 is 19.8 Å². The van der Waals surface area contributed by atoms with Gasteiger partial charge in [-0.2, -0.15) is 0 Å². The number of nitrogens with zero attached hydrogens (tertiary/aromatic N) is 4. The molecule has 0 bridgehead atoms. The molecule has 24 heavy (non-hydrogen) atoms. The molecule has 2 aliphatic rings. The molecule has 0 aromatic carbocycles. The maximum Gasteiger partial charge on any atom is 1.00 e. The Kier molecular flexibility index (Phi) is 7.67. The number of phosphoric ester groups is 1. The van der Waals surface area contributed by atoms with E-state index in [0.29, 0.717) is 0 Å². The molecular weight excluding hydrogens is 356 g/mol. The van der Waals surface area contributed by atoms with Gasteiger partial charge in [0.05, 0.1) is 24.7 Å². The number of hydrogen-bond acceptors (Lipinski definition) is 7. The molecule has 128 valence electrons. The molecule has 0 saturated carbocycles. The van der Waals surface area contributed by atoms with Gasteiger partial charge in [-0.3, -0.25) is 19.6 Å². The molecule has 14 heteroatoms. The second kappa shape index (κ2) is 8.61. The van der Waals surface area contributed by atoms with Gasteiger partial charge in [0.15, 0.2) is 0 Å². The third kappa shape index (κ3) is 5.41. The van der Waals surface area contributed by atoms with Crippen molar-refractivity contribution in [2.75, 3.05) is 13.2 Å². The van der Waals surface area contributed by atoms with Crippen LogP contribution in [0, 0.1) is 5.92 Å². The third-order valence-electron chi connectivity index (χ3n) is 3.56. The van der Waals surface area contributed by atoms with Gasteiger partial charge in [0.1, 0.15) is 6.23 Å². The number of nitrogens with one attached hydrogen (secondary N) is 1. The molecule has 3 amide bonds. The summed E-state index contributed by atoms with van der Waals surface area (Å²) < 4.78 is 20.4. The van der Waals surface area contributed by atoms with Gasteiger partial charge >= 0.3 is 35.6 Å². The van der Waals surface area contributed by atoms with Crippen LogP contribution >= 0.6 is 7.82 Å². The second-order valence-corrected chi connectivity index (χ2v) is 6.44. The molecule has 2 unspecified atom stereocenters. The van der Waals surface area contributed by atoms with E-state index in [4.69, 9.17) is 15.2 Å². The number of carbonyl (C=O) groups is 2. The molecule has 0 aromatic rings. The Labute approximate surface area is 159 Å². The first-order chi connectivity index (χ1) is 10.7. The number of hydrogen-bond donors (Lipinski definition) is 2. The predicted octanol–water partition coefficient (Wildman–Crippen LogP) is -3.55. The fourth-order valence-electron chi connectivity index (χ4n) is 2.42. The molecule has 2 fully saturated rings. The zero-order valence-electron chi connectivity index (χ0n) is 13.1. The number of ether oxygens (including phenoxy) is 1. The molecule has 5 atom stereocenters. The molecule has 0 aliphatic carbocycles. The van der Waals surface area contributed by atoms with Gasteiger partial charge in [-0.1, -0.05) is 12.0 Å². The number of imide groups is 1. The average Bonchev–Trinajstić information content (AvgIpc) is 2.83. The van der Waals surface area contributed by atoms with Crippen molar-refractivity contribution in [3.05, 3.63) is 10.4 Å². The maximum atomic E-state index is 11.9. The van der Waals surface area contributed by atoms with E-state index in [-0.39, 0.29) is 42.5 Å². The van der Waals surface area contributed by atoms with E-state index in [0.717, 1.165) is 0 Å². The van der Waals surface area contributed by atoms with Crippen molar-refractivity contribution in [1.29, 1.82) is 0 Å². The number of phosphoric acid groups is 1. The molecule has 12 nitrogen and oxygen atoms in total. The molecule has 2 heterocycles. The van der Waals surface area contributed by atoms with Crippen LogP contribution in [0.5, 0.6) is 0 Å². The van der Waals surface area contributed by atoms with Gasteiger partial charge in [-0.05, 0) is 5.53 Å². The summed E-state index contributed by atoms with van der Waals surface area (Å²) in [7, 11) is -4.95. The maximum absolute atomic E-state index is 11.9. The Hall–Kier alpha value is -0.680. The van der Waals surface area contributed by atoms with Crippen LogP contribution in [-0.4, -0.2) is 53.3 Å². The van der Waals surface area contributed by atoms with Crippen molar-refractivity contribution < 1.29 is 62.8 Å². The van der Waals surface area contributed by atoms with Crippen molar-refractivity contribution in [3.8, 4) is 0 Å². The van der Waals surface area contributed by atoms with Gasteiger partial charge in [0, 0.05) is 17.9 Å². The summed E-state index contributed by atoms with van der Waals surface area (Å²) in [4.78, 5) is 46.5. The summed E-state index contributed by atoms with van der Waals surface area (Å²) in [6.45, 7) is 1.20. The first kappa shape index (κ1) is 21.4. The number of amides is 3. The van der Waals surface area contributed by atoms with E-state index >= 15 is 0 Å². The van der Waals surface area contributed by atoms with Gasteiger partial charge in [0.2, 0.25) is 5.91 Å². The Balaban J connectivity index is 0.00000288. The summed E-state index contributed by atoms with van der Waals surface area (Å²) in [5.74, 6) is -0.841. The summed E-state index contributed by atoms with van der Waals surface area (Å²) in [6.07, 6.45) is -1.65. The summed E-state index contributed by atoms with van der Waals surface area (Å²) in [5.41, 5.74) is 8.56. The predicted molar refractivity (Wildman–Crippen MR) is 71.4 cm³/mol. The summed E-state index contributed by atoms with van der Waals surface area (Å²) in [5, 5.41) is 5.66. The van der Waals surface area contributed by atoms with E-state index in [1.165, 1.54) is 4.90 Å². The monoisotopic (exact) mass is 371 g/mol.